The van der Waals surface area contributed by atoms with Crippen molar-refractivity contribution < 1.29 is 9.53 Å². The zero-order valence-electron chi connectivity index (χ0n) is 16.9. The van der Waals surface area contributed by atoms with Gasteiger partial charge in [-0.3, -0.25) is 14.4 Å². The van der Waals surface area contributed by atoms with Crippen molar-refractivity contribution >= 4 is 17.2 Å². The molecule has 2 aliphatic heterocycles. The van der Waals surface area contributed by atoms with Crippen molar-refractivity contribution in [1.29, 1.82) is 0 Å². The van der Waals surface area contributed by atoms with Crippen LogP contribution >= 0.6 is 11.3 Å². The van der Waals surface area contributed by atoms with Crippen LogP contribution in [0.4, 0.5) is 0 Å². The van der Waals surface area contributed by atoms with Crippen molar-refractivity contribution in [3.05, 3.63) is 34.0 Å². The Labute approximate surface area is 170 Å². The quantitative estimate of drug-likeness (QED) is 0.729. The number of methoxy groups -OCH3 is 1. The lowest BCUT2D eigenvalue weighted by Gasteiger charge is -2.36. The van der Waals surface area contributed by atoms with Gasteiger partial charge in [0.25, 0.3) is 0 Å². The van der Waals surface area contributed by atoms with Crippen molar-refractivity contribution in [2.75, 3.05) is 20.3 Å². The van der Waals surface area contributed by atoms with Gasteiger partial charge in [0.2, 0.25) is 5.91 Å². The van der Waals surface area contributed by atoms with Crippen LogP contribution in [0.15, 0.2) is 17.1 Å². The van der Waals surface area contributed by atoms with Crippen molar-refractivity contribution in [2.45, 2.75) is 51.2 Å². The number of hydrogen-bond donors (Lipinski definition) is 1. The van der Waals surface area contributed by atoms with Crippen LogP contribution in [0.1, 0.15) is 36.2 Å². The summed E-state index contributed by atoms with van der Waals surface area (Å²) in [6.45, 7) is 4.15. The molecule has 2 aliphatic rings. The van der Waals surface area contributed by atoms with Crippen molar-refractivity contribution in [3.63, 3.8) is 0 Å². The van der Waals surface area contributed by atoms with Crippen molar-refractivity contribution in [3.8, 4) is 0 Å². The van der Waals surface area contributed by atoms with Crippen molar-refractivity contribution in [1.82, 2.24) is 25.0 Å². The number of thiazole rings is 1. The topological polar surface area (TPSA) is 72.3 Å². The number of carbonyl (C=O) groups excluding carboxylic acids is 1. The Morgan fingerprint density at radius 1 is 1.46 bits per heavy atom. The predicted octanol–water partition coefficient (Wildman–Crippen LogP) is 1.91. The van der Waals surface area contributed by atoms with Gasteiger partial charge in [-0.25, -0.2) is 4.98 Å². The molecule has 2 saturated heterocycles. The average molecular weight is 404 g/mol. The maximum absolute atomic E-state index is 13.6. The van der Waals surface area contributed by atoms with E-state index in [-0.39, 0.29) is 11.9 Å². The molecule has 0 aromatic carbocycles. The summed E-state index contributed by atoms with van der Waals surface area (Å²) >= 11 is 1.60. The Morgan fingerprint density at radius 2 is 2.32 bits per heavy atom. The van der Waals surface area contributed by atoms with E-state index in [2.05, 4.69) is 25.7 Å². The van der Waals surface area contributed by atoms with Crippen LogP contribution in [0.5, 0.6) is 0 Å². The first kappa shape index (κ1) is 19.5. The monoisotopic (exact) mass is 403 g/mol. The Kier molecular flexibility index (Phi) is 5.53. The summed E-state index contributed by atoms with van der Waals surface area (Å²) in [4.78, 5) is 20.6. The minimum absolute atomic E-state index is 0.151. The molecule has 3 atom stereocenters. The lowest BCUT2D eigenvalue weighted by atomic mass is 9.70. The highest BCUT2D eigenvalue weighted by atomic mass is 32.1. The molecule has 4 heterocycles. The molecule has 28 heavy (non-hydrogen) atoms. The first-order valence-electron chi connectivity index (χ1n) is 9.92. The van der Waals surface area contributed by atoms with E-state index in [1.807, 2.05) is 30.4 Å². The second-order valence-corrected chi connectivity index (χ2v) is 8.77. The molecule has 2 bridgehead atoms. The number of fused-ring (bicyclic) bond motifs is 2. The Morgan fingerprint density at radius 3 is 3.00 bits per heavy atom. The second kappa shape index (κ2) is 7.93. The van der Waals surface area contributed by atoms with Gasteiger partial charge < -0.3 is 10.1 Å². The van der Waals surface area contributed by atoms with Gasteiger partial charge in [-0.05, 0) is 26.2 Å². The van der Waals surface area contributed by atoms with Crippen LogP contribution < -0.4 is 5.32 Å². The molecule has 2 aromatic rings. The van der Waals surface area contributed by atoms with Gasteiger partial charge in [0.1, 0.15) is 0 Å². The number of carbonyl (C=O) groups is 1. The van der Waals surface area contributed by atoms with Gasteiger partial charge in [0.05, 0.1) is 29.4 Å². The summed E-state index contributed by atoms with van der Waals surface area (Å²) in [5.74, 6) is 0.151. The van der Waals surface area contributed by atoms with Gasteiger partial charge in [0, 0.05) is 62.4 Å². The molecule has 0 saturated carbocycles. The molecule has 4 rings (SSSR count). The summed E-state index contributed by atoms with van der Waals surface area (Å²) in [7, 11) is 3.66. The number of nitrogens with zero attached hydrogens (tertiary/aromatic N) is 4. The number of aromatic nitrogens is 3. The number of ether oxygens (including phenoxy) is 1. The van der Waals surface area contributed by atoms with Crippen LogP contribution in [-0.4, -0.2) is 57.9 Å². The third-order valence-electron chi connectivity index (χ3n) is 6.64. The van der Waals surface area contributed by atoms with Crippen LogP contribution in [0.2, 0.25) is 0 Å². The minimum Gasteiger partial charge on any atom is -0.383 e. The Bertz CT molecular complexity index is 821. The second-order valence-electron chi connectivity index (χ2n) is 8.06. The Hall–Kier alpha value is -1.77. The maximum Gasteiger partial charge on any atom is 0.228 e. The van der Waals surface area contributed by atoms with Gasteiger partial charge in [0.15, 0.2) is 0 Å². The summed E-state index contributed by atoms with van der Waals surface area (Å²) in [6, 6.07) is 0.717. The normalized spacial score (nSPS) is 26.8. The molecule has 1 N–H and O–H groups in total. The van der Waals surface area contributed by atoms with E-state index < -0.39 is 5.41 Å². The highest BCUT2D eigenvalue weighted by molar-refractivity contribution is 7.07. The number of nitrogens with one attached hydrogen (secondary N) is 1. The smallest absolute Gasteiger partial charge is 0.228 e. The molecule has 0 spiro atoms. The standard InChI is InChI=1S/C20H29N5O2S/c1-14-15(11-23-24(14)2)10-21-19(26)20(8-16-12-28-13-22-16)9-17-4-5-18(20)25(17)6-7-27-3/h11-13,17-18H,4-10H2,1-3H3,(H,21,26)/t17-,18+,20+/m1/s1. The number of rotatable bonds is 8. The van der Waals surface area contributed by atoms with E-state index in [0.717, 1.165) is 36.3 Å². The molecule has 1 amide bonds. The summed E-state index contributed by atoms with van der Waals surface area (Å²) in [5, 5.41) is 9.60. The van der Waals surface area contributed by atoms with Gasteiger partial charge in [-0.2, -0.15) is 5.10 Å². The zero-order valence-corrected chi connectivity index (χ0v) is 17.7. The predicted molar refractivity (Wildman–Crippen MR) is 108 cm³/mol. The molecule has 0 unspecified atom stereocenters. The molecular weight excluding hydrogens is 374 g/mol. The van der Waals surface area contributed by atoms with Crippen LogP contribution in [0.25, 0.3) is 0 Å². The molecule has 8 heteroatoms. The fourth-order valence-electron chi connectivity index (χ4n) is 5.07. The number of amides is 1. The van der Waals surface area contributed by atoms with E-state index >= 15 is 0 Å². The molecule has 0 radical (unpaired) electrons. The van der Waals surface area contributed by atoms with Crippen LogP contribution in [0.3, 0.4) is 0 Å². The average Bonchev–Trinajstić information content (AvgIpc) is 3.46. The first-order chi connectivity index (χ1) is 13.5. The molecule has 7 nitrogen and oxygen atoms in total. The molecule has 152 valence electrons. The fourth-order valence-corrected chi connectivity index (χ4v) is 5.63. The third-order valence-corrected chi connectivity index (χ3v) is 7.28. The Balaban J connectivity index is 1.55. The lowest BCUT2D eigenvalue weighted by Crippen LogP contribution is -2.50. The lowest BCUT2D eigenvalue weighted by molar-refractivity contribution is -0.133. The summed E-state index contributed by atoms with van der Waals surface area (Å²) in [6.07, 6.45) is 5.68. The van der Waals surface area contributed by atoms with E-state index in [0.29, 0.717) is 25.6 Å². The van der Waals surface area contributed by atoms with E-state index in [4.69, 9.17) is 4.74 Å². The third kappa shape index (κ3) is 3.38. The largest absolute Gasteiger partial charge is 0.383 e. The van der Waals surface area contributed by atoms with Crippen LogP contribution in [0, 0.1) is 12.3 Å². The number of hydrogen-bond acceptors (Lipinski definition) is 6. The first-order valence-corrected chi connectivity index (χ1v) is 10.9. The zero-order chi connectivity index (χ0) is 19.7. The van der Waals surface area contributed by atoms with E-state index in [9.17, 15) is 4.79 Å². The molecule has 0 aliphatic carbocycles. The molecular formula is C20H29N5O2S. The highest BCUT2D eigenvalue weighted by Crippen LogP contribution is 2.51. The highest BCUT2D eigenvalue weighted by Gasteiger charge is 2.59. The van der Waals surface area contributed by atoms with Crippen LogP contribution in [-0.2, 0) is 29.5 Å². The van der Waals surface area contributed by atoms with E-state index in [1.165, 1.54) is 6.42 Å². The molecule has 2 fully saturated rings. The molecule has 2 aromatic heterocycles. The SMILES string of the molecule is COCCN1[C@@H]2CC[C@H]1[C@@](Cc1cscn1)(C(=O)NCc1cnn(C)c1C)C2. The maximum atomic E-state index is 13.6. The van der Waals surface area contributed by atoms with Gasteiger partial charge in [-0.15, -0.1) is 11.3 Å². The van der Waals surface area contributed by atoms with Gasteiger partial charge >= 0.3 is 0 Å². The fraction of sp³-hybridized carbons (Fsp3) is 0.650. The van der Waals surface area contributed by atoms with Crippen molar-refractivity contribution in [2.24, 2.45) is 12.5 Å². The number of aryl methyl sites for hydroxylation is 1. The minimum atomic E-state index is -0.416. The van der Waals surface area contributed by atoms with Gasteiger partial charge in [-0.1, -0.05) is 0 Å². The van der Waals surface area contributed by atoms with E-state index in [1.54, 1.807) is 18.4 Å². The summed E-state index contributed by atoms with van der Waals surface area (Å²) in [5.41, 5.74) is 4.62. The summed E-state index contributed by atoms with van der Waals surface area (Å²) < 4.78 is 7.17.